The SMILES string of the molecule is c1ccc2c(c1)CC(N1CCCC1)N2N1CCCC1. The minimum atomic E-state index is 0.581. The molecule has 1 unspecified atom stereocenters. The standard InChI is InChI=1S/C16H23N3/c1-2-8-15-14(7-1)13-16(17-9-3-4-10-17)19(15)18-11-5-6-12-18/h1-2,7-8,16H,3-6,9-13H2. The second-order valence-corrected chi connectivity index (χ2v) is 6.06. The summed E-state index contributed by atoms with van der Waals surface area (Å²) in [5, 5.41) is 5.21. The van der Waals surface area contributed by atoms with Crippen LogP contribution in [-0.2, 0) is 6.42 Å². The van der Waals surface area contributed by atoms with Gasteiger partial charge >= 0.3 is 0 Å². The highest BCUT2D eigenvalue weighted by Crippen LogP contribution is 2.36. The molecule has 3 heterocycles. The topological polar surface area (TPSA) is 9.72 Å². The molecule has 3 aliphatic heterocycles. The summed E-state index contributed by atoms with van der Waals surface area (Å²) in [7, 11) is 0. The highest BCUT2D eigenvalue weighted by atomic mass is 15.7. The van der Waals surface area contributed by atoms with Crippen LogP contribution in [0.5, 0.6) is 0 Å². The lowest BCUT2D eigenvalue weighted by molar-refractivity contribution is 0.163. The maximum Gasteiger partial charge on any atom is 0.102 e. The van der Waals surface area contributed by atoms with Gasteiger partial charge in [-0.25, -0.2) is 5.01 Å². The summed E-state index contributed by atoms with van der Waals surface area (Å²) in [5.74, 6) is 0. The van der Waals surface area contributed by atoms with Gasteiger partial charge in [0.1, 0.15) is 6.17 Å². The van der Waals surface area contributed by atoms with Crippen LogP contribution in [0.3, 0.4) is 0 Å². The summed E-state index contributed by atoms with van der Waals surface area (Å²) < 4.78 is 0. The minimum absolute atomic E-state index is 0.581. The van der Waals surface area contributed by atoms with Crippen LogP contribution in [-0.4, -0.2) is 42.3 Å². The molecule has 1 aromatic rings. The summed E-state index contributed by atoms with van der Waals surface area (Å²) in [4.78, 5) is 2.69. The maximum atomic E-state index is 2.69. The van der Waals surface area contributed by atoms with E-state index in [1.54, 1.807) is 0 Å². The molecule has 0 amide bonds. The van der Waals surface area contributed by atoms with E-state index in [4.69, 9.17) is 0 Å². The largest absolute Gasteiger partial charge is 0.288 e. The molecule has 4 rings (SSSR count). The van der Waals surface area contributed by atoms with Gasteiger partial charge in [-0.1, -0.05) is 18.2 Å². The zero-order chi connectivity index (χ0) is 12.7. The van der Waals surface area contributed by atoms with Crippen LogP contribution >= 0.6 is 0 Å². The van der Waals surface area contributed by atoms with E-state index < -0.39 is 0 Å². The molecule has 0 spiro atoms. The molecule has 2 saturated heterocycles. The van der Waals surface area contributed by atoms with Crippen molar-refractivity contribution in [3.63, 3.8) is 0 Å². The molecule has 1 aromatic carbocycles. The van der Waals surface area contributed by atoms with Crippen molar-refractivity contribution in [1.29, 1.82) is 0 Å². The number of hydrogen-bond acceptors (Lipinski definition) is 3. The molecule has 0 N–H and O–H groups in total. The van der Waals surface area contributed by atoms with Crippen LogP contribution in [0.15, 0.2) is 24.3 Å². The Hall–Kier alpha value is -1.06. The maximum absolute atomic E-state index is 2.69. The van der Waals surface area contributed by atoms with E-state index in [0.717, 1.165) is 0 Å². The first-order valence-corrected chi connectivity index (χ1v) is 7.79. The fourth-order valence-electron chi connectivity index (χ4n) is 3.93. The van der Waals surface area contributed by atoms with Crippen molar-refractivity contribution in [2.45, 2.75) is 38.3 Å². The van der Waals surface area contributed by atoms with E-state index in [1.165, 1.54) is 69.5 Å². The monoisotopic (exact) mass is 257 g/mol. The van der Waals surface area contributed by atoms with Crippen molar-refractivity contribution >= 4 is 5.69 Å². The van der Waals surface area contributed by atoms with Crippen molar-refractivity contribution in [3.05, 3.63) is 29.8 Å². The van der Waals surface area contributed by atoms with Gasteiger partial charge in [-0.05, 0) is 37.3 Å². The number of benzene rings is 1. The first-order valence-electron chi connectivity index (χ1n) is 7.79. The van der Waals surface area contributed by atoms with Crippen molar-refractivity contribution in [2.75, 3.05) is 31.2 Å². The van der Waals surface area contributed by atoms with Crippen molar-refractivity contribution in [1.82, 2.24) is 9.91 Å². The Kier molecular flexibility index (Phi) is 2.97. The fraction of sp³-hybridized carbons (Fsp3) is 0.625. The normalized spacial score (nSPS) is 28.2. The number of rotatable bonds is 2. The molecule has 3 aliphatic rings. The molecule has 0 radical (unpaired) electrons. The van der Waals surface area contributed by atoms with Gasteiger partial charge in [0, 0.05) is 32.6 Å². The molecule has 19 heavy (non-hydrogen) atoms. The summed E-state index contributed by atoms with van der Waals surface area (Å²) in [6, 6.07) is 9.00. The van der Waals surface area contributed by atoms with E-state index in [0.29, 0.717) is 6.17 Å². The van der Waals surface area contributed by atoms with E-state index in [9.17, 15) is 0 Å². The van der Waals surface area contributed by atoms with Gasteiger partial charge in [0.2, 0.25) is 0 Å². The molecule has 0 saturated carbocycles. The van der Waals surface area contributed by atoms with Crippen LogP contribution in [0.2, 0.25) is 0 Å². The van der Waals surface area contributed by atoms with Crippen molar-refractivity contribution < 1.29 is 0 Å². The molecular weight excluding hydrogens is 234 g/mol. The Balaban J connectivity index is 1.67. The third-order valence-corrected chi connectivity index (χ3v) is 4.87. The fourth-order valence-corrected chi connectivity index (χ4v) is 3.93. The lowest BCUT2D eigenvalue weighted by Crippen LogP contribution is -2.53. The second kappa shape index (κ2) is 4.80. The summed E-state index contributed by atoms with van der Waals surface area (Å²) in [5.41, 5.74) is 2.99. The number of nitrogens with zero attached hydrogens (tertiary/aromatic N) is 3. The van der Waals surface area contributed by atoms with Gasteiger partial charge < -0.3 is 0 Å². The third kappa shape index (κ3) is 1.96. The Morgan fingerprint density at radius 3 is 2.32 bits per heavy atom. The predicted octanol–water partition coefficient (Wildman–Crippen LogP) is 2.48. The van der Waals surface area contributed by atoms with Gasteiger partial charge in [0.25, 0.3) is 0 Å². The van der Waals surface area contributed by atoms with Crippen LogP contribution < -0.4 is 5.01 Å². The van der Waals surface area contributed by atoms with Gasteiger partial charge in [0.15, 0.2) is 0 Å². The number of para-hydroxylation sites is 1. The highest BCUT2D eigenvalue weighted by molar-refractivity contribution is 5.58. The van der Waals surface area contributed by atoms with E-state index in [1.807, 2.05) is 0 Å². The third-order valence-electron chi connectivity index (χ3n) is 4.87. The van der Waals surface area contributed by atoms with Crippen molar-refractivity contribution in [2.24, 2.45) is 0 Å². The first-order chi connectivity index (χ1) is 9.43. The number of likely N-dealkylation sites (tertiary alicyclic amines) is 1. The van der Waals surface area contributed by atoms with Crippen LogP contribution in [0.25, 0.3) is 0 Å². The number of hydrogen-bond donors (Lipinski definition) is 0. The molecule has 102 valence electrons. The molecule has 3 nitrogen and oxygen atoms in total. The molecule has 0 aromatic heterocycles. The van der Waals surface area contributed by atoms with Crippen LogP contribution in [0, 0.1) is 0 Å². The molecule has 1 atom stereocenters. The predicted molar refractivity (Wildman–Crippen MR) is 78.0 cm³/mol. The number of hydrazine groups is 1. The van der Waals surface area contributed by atoms with Crippen LogP contribution in [0.1, 0.15) is 31.2 Å². The highest BCUT2D eigenvalue weighted by Gasteiger charge is 2.38. The minimum Gasteiger partial charge on any atom is -0.288 e. The molecule has 2 fully saturated rings. The number of fused-ring (bicyclic) bond motifs is 1. The Morgan fingerprint density at radius 1 is 0.842 bits per heavy atom. The molecular formula is C16H23N3. The smallest absolute Gasteiger partial charge is 0.102 e. The first kappa shape index (κ1) is 11.7. The summed E-state index contributed by atoms with van der Waals surface area (Å²) in [6.45, 7) is 5.03. The van der Waals surface area contributed by atoms with Crippen LogP contribution in [0.4, 0.5) is 5.69 Å². The summed E-state index contributed by atoms with van der Waals surface area (Å²) in [6.07, 6.45) is 7.24. The Morgan fingerprint density at radius 2 is 1.53 bits per heavy atom. The van der Waals surface area contributed by atoms with E-state index in [-0.39, 0.29) is 0 Å². The van der Waals surface area contributed by atoms with Gasteiger partial charge in [-0.2, -0.15) is 0 Å². The Labute approximate surface area is 115 Å². The lowest BCUT2D eigenvalue weighted by Gasteiger charge is -2.39. The zero-order valence-electron chi connectivity index (χ0n) is 11.6. The molecule has 0 aliphatic carbocycles. The van der Waals surface area contributed by atoms with E-state index >= 15 is 0 Å². The number of anilines is 1. The average Bonchev–Trinajstić information content (AvgIpc) is 3.17. The van der Waals surface area contributed by atoms with E-state index in [2.05, 4.69) is 39.2 Å². The second-order valence-electron chi connectivity index (χ2n) is 6.06. The lowest BCUT2D eigenvalue weighted by atomic mass is 10.1. The average molecular weight is 257 g/mol. The molecule has 0 bridgehead atoms. The molecule has 3 heteroatoms. The van der Waals surface area contributed by atoms with Crippen molar-refractivity contribution in [3.8, 4) is 0 Å². The quantitative estimate of drug-likeness (QED) is 0.806. The Bertz CT molecular complexity index is 447. The van der Waals surface area contributed by atoms with Gasteiger partial charge in [-0.3, -0.25) is 9.91 Å². The van der Waals surface area contributed by atoms with Gasteiger partial charge in [0.05, 0.1) is 5.69 Å². The summed E-state index contributed by atoms with van der Waals surface area (Å²) >= 11 is 0. The van der Waals surface area contributed by atoms with Gasteiger partial charge in [-0.15, -0.1) is 0 Å². The zero-order valence-corrected chi connectivity index (χ0v) is 11.6.